The van der Waals surface area contributed by atoms with E-state index in [-0.39, 0.29) is 5.97 Å². The molecule has 0 fully saturated rings. The maximum absolute atomic E-state index is 11.4. The van der Waals surface area contributed by atoms with Crippen molar-refractivity contribution >= 4 is 11.7 Å². The molecule has 4 nitrogen and oxygen atoms in total. The van der Waals surface area contributed by atoms with Gasteiger partial charge in [0.15, 0.2) is 0 Å². The summed E-state index contributed by atoms with van der Waals surface area (Å²) in [5.74, 6) is -0.331. The first-order chi connectivity index (χ1) is 6.12. The Kier molecular flexibility index (Phi) is 2.90. The van der Waals surface area contributed by atoms with E-state index in [9.17, 15) is 4.79 Å². The Morgan fingerprint density at radius 1 is 1.69 bits per heavy atom. The molecular weight excluding hydrogens is 170 g/mol. The Balaban J connectivity index is 2.57. The van der Waals surface area contributed by atoms with Crippen LogP contribution in [0.1, 0.15) is 33.6 Å². The van der Waals surface area contributed by atoms with Crippen molar-refractivity contribution in [2.24, 2.45) is 5.16 Å². The van der Waals surface area contributed by atoms with Gasteiger partial charge in [0.2, 0.25) is 5.60 Å². The molecule has 0 aromatic carbocycles. The quantitative estimate of drug-likeness (QED) is 0.626. The number of nitrogens with zero attached hydrogens (tertiary/aromatic N) is 1. The van der Waals surface area contributed by atoms with Crippen molar-refractivity contribution in [3.8, 4) is 0 Å². The van der Waals surface area contributed by atoms with E-state index in [0.717, 1.165) is 12.1 Å². The van der Waals surface area contributed by atoms with E-state index in [1.165, 1.54) is 0 Å². The Labute approximate surface area is 77.9 Å². The Morgan fingerprint density at radius 3 is 2.85 bits per heavy atom. The van der Waals surface area contributed by atoms with Crippen LogP contribution in [0.25, 0.3) is 0 Å². The molecule has 1 heterocycles. The number of oxime groups is 1. The number of ether oxygens (including phenoxy) is 1. The molecule has 0 N–H and O–H groups in total. The minimum Gasteiger partial charge on any atom is -0.463 e. The predicted molar refractivity (Wildman–Crippen MR) is 48.5 cm³/mol. The van der Waals surface area contributed by atoms with Gasteiger partial charge in [-0.1, -0.05) is 12.1 Å². The highest BCUT2D eigenvalue weighted by molar-refractivity contribution is 5.93. The summed E-state index contributed by atoms with van der Waals surface area (Å²) >= 11 is 0. The van der Waals surface area contributed by atoms with E-state index in [1.54, 1.807) is 13.8 Å². The number of esters is 1. The fourth-order valence-corrected chi connectivity index (χ4v) is 1.20. The topological polar surface area (TPSA) is 47.9 Å². The monoisotopic (exact) mass is 185 g/mol. The molecule has 13 heavy (non-hydrogen) atoms. The van der Waals surface area contributed by atoms with E-state index in [2.05, 4.69) is 5.16 Å². The van der Waals surface area contributed by atoms with Gasteiger partial charge in [0.1, 0.15) is 0 Å². The van der Waals surface area contributed by atoms with Gasteiger partial charge < -0.3 is 9.57 Å². The summed E-state index contributed by atoms with van der Waals surface area (Å²) in [6, 6.07) is 0. The van der Waals surface area contributed by atoms with E-state index >= 15 is 0 Å². The Bertz CT molecular complexity index is 237. The smallest absolute Gasteiger partial charge is 0.353 e. The molecule has 1 aliphatic heterocycles. The molecule has 0 spiro atoms. The molecule has 1 unspecified atom stereocenters. The predicted octanol–water partition coefficient (Wildman–Crippen LogP) is 1.49. The molecule has 1 atom stereocenters. The second-order valence-electron chi connectivity index (χ2n) is 3.23. The van der Waals surface area contributed by atoms with Crippen LogP contribution in [0, 0.1) is 0 Å². The minimum atomic E-state index is -0.888. The summed E-state index contributed by atoms with van der Waals surface area (Å²) < 4.78 is 4.88. The average Bonchev–Trinajstić information content (AvgIpc) is 2.49. The number of hydrogen-bond donors (Lipinski definition) is 0. The molecule has 0 aromatic rings. The molecule has 1 rings (SSSR count). The highest BCUT2D eigenvalue weighted by Gasteiger charge is 2.42. The van der Waals surface area contributed by atoms with Crippen molar-refractivity contribution in [1.82, 2.24) is 0 Å². The highest BCUT2D eigenvalue weighted by Crippen LogP contribution is 2.25. The van der Waals surface area contributed by atoms with Gasteiger partial charge in [-0.05, 0) is 20.3 Å². The van der Waals surface area contributed by atoms with Crippen molar-refractivity contribution < 1.29 is 14.4 Å². The number of carbonyl (C=O) groups is 1. The minimum absolute atomic E-state index is 0.331. The van der Waals surface area contributed by atoms with Gasteiger partial charge >= 0.3 is 5.97 Å². The fourth-order valence-electron chi connectivity index (χ4n) is 1.20. The lowest BCUT2D eigenvalue weighted by atomic mass is 9.99. The van der Waals surface area contributed by atoms with Crippen LogP contribution in [-0.4, -0.2) is 23.9 Å². The molecule has 1 aliphatic rings. The van der Waals surface area contributed by atoms with Gasteiger partial charge in [0, 0.05) is 6.42 Å². The second kappa shape index (κ2) is 3.77. The number of rotatable bonds is 3. The molecule has 0 aliphatic carbocycles. The summed E-state index contributed by atoms with van der Waals surface area (Å²) in [6.07, 6.45) is 1.36. The molecule has 0 radical (unpaired) electrons. The van der Waals surface area contributed by atoms with Crippen LogP contribution >= 0.6 is 0 Å². The Hall–Kier alpha value is -1.06. The third kappa shape index (κ3) is 1.99. The van der Waals surface area contributed by atoms with Gasteiger partial charge in [0.05, 0.1) is 12.3 Å². The SMILES string of the molecule is CCOC(=O)C1(C)CC(CC)=NO1. The van der Waals surface area contributed by atoms with Crippen molar-refractivity contribution in [2.45, 2.75) is 39.2 Å². The van der Waals surface area contributed by atoms with Crippen LogP contribution in [0.15, 0.2) is 5.16 Å². The van der Waals surface area contributed by atoms with Crippen LogP contribution in [0.5, 0.6) is 0 Å². The van der Waals surface area contributed by atoms with E-state index in [1.807, 2.05) is 6.92 Å². The maximum Gasteiger partial charge on any atom is 0.353 e. The fraction of sp³-hybridized carbons (Fsp3) is 0.778. The lowest BCUT2D eigenvalue weighted by Gasteiger charge is -2.18. The normalized spacial score (nSPS) is 26.5. The molecule has 0 bridgehead atoms. The zero-order chi connectivity index (χ0) is 9.90. The first-order valence-corrected chi connectivity index (χ1v) is 4.53. The summed E-state index contributed by atoms with van der Waals surface area (Å²) in [6.45, 7) is 5.84. The largest absolute Gasteiger partial charge is 0.463 e. The third-order valence-electron chi connectivity index (χ3n) is 2.03. The molecular formula is C9H15NO3. The summed E-state index contributed by atoms with van der Waals surface area (Å²) in [7, 11) is 0. The van der Waals surface area contributed by atoms with Crippen LogP contribution in [0.4, 0.5) is 0 Å². The van der Waals surface area contributed by atoms with Crippen molar-refractivity contribution in [3.05, 3.63) is 0 Å². The van der Waals surface area contributed by atoms with E-state index < -0.39 is 5.60 Å². The third-order valence-corrected chi connectivity index (χ3v) is 2.03. The molecule has 0 saturated heterocycles. The molecule has 0 amide bonds. The lowest BCUT2D eigenvalue weighted by molar-refractivity contribution is -0.166. The Morgan fingerprint density at radius 2 is 2.38 bits per heavy atom. The van der Waals surface area contributed by atoms with E-state index in [4.69, 9.17) is 9.57 Å². The van der Waals surface area contributed by atoms with Crippen LogP contribution in [0.3, 0.4) is 0 Å². The maximum atomic E-state index is 11.4. The highest BCUT2D eigenvalue weighted by atomic mass is 16.7. The van der Waals surface area contributed by atoms with E-state index in [0.29, 0.717) is 13.0 Å². The number of carbonyl (C=O) groups excluding carboxylic acids is 1. The second-order valence-corrected chi connectivity index (χ2v) is 3.23. The summed E-state index contributed by atoms with van der Waals surface area (Å²) in [5.41, 5.74) is 0.0250. The standard InChI is InChI=1S/C9H15NO3/c1-4-7-6-9(3,13-10-7)8(11)12-5-2/h4-6H2,1-3H3. The summed E-state index contributed by atoms with van der Waals surface area (Å²) in [4.78, 5) is 16.5. The average molecular weight is 185 g/mol. The van der Waals surface area contributed by atoms with Crippen LogP contribution in [0.2, 0.25) is 0 Å². The van der Waals surface area contributed by atoms with Crippen LogP contribution in [-0.2, 0) is 14.4 Å². The van der Waals surface area contributed by atoms with Crippen LogP contribution < -0.4 is 0 Å². The van der Waals surface area contributed by atoms with Crippen molar-refractivity contribution in [2.75, 3.05) is 6.61 Å². The molecule has 4 heteroatoms. The van der Waals surface area contributed by atoms with Gasteiger partial charge in [-0.2, -0.15) is 0 Å². The first kappa shape index (κ1) is 10.0. The van der Waals surface area contributed by atoms with Gasteiger partial charge in [0.25, 0.3) is 0 Å². The lowest BCUT2D eigenvalue weighted by Crippen LogP contribution is -2.37. The molecule has 74 valence electrons. The molecule has 0 saturated carbocycles. The van der Waals surface area contributed by atoms with Gasteiger partial charge in [-0.3, -0.25) is 0 Å². The van der Waals surface area contributed by atoms with Crippen molar-refractivity contribution in [1.29, 1.82) is 0 Å². The number of hydrogen-bond acceptors (Lipinski definition) is 4. The molecule has 0 aromatic heterocycles. The summed E-state index contributed by atoms with van der Waals surface area (Å²) in [5, 5.41) is 3.83. The first-order valence-electron chi connectivity index (χ1n) is 4.53. The zero-order valence-corrected chi connectivity index (χ0v) is 8.29. The van der Waals surface area contributed by atoms with Gasteiger partial charge in [-0.15, -0.1) is 0 Å². The van der Waals surface area contributed by atoms with Gasteiger partial charge in [-0.25, -0.2) is 4.79 Å². The van der Waals surface area contributed by atoms with Crippen molar-refractivity contribution in [3.63, 3.8) is 0 Å². The zero-order valence-electron chi connectivity index (χ0n) is 8.29.